The Labute approximate surface area is 153 Å². The number of aromatic hydroxyl groups is 1. The molecule has 27 heavy (non-hydrogen) atoms. The Morgan fingerprint density at radius 1 is 1.19 bits per heavy atom. The van der Waals surface area contributed by atoms with Crippen LogP contribution >= 0.6 is 0 Å². The van der Waals surface area contributed by atoms with Gasteiger partial charge in [-0.05, 0) is 43.2 Å². The lowest BCUT2D eigenvalue weighted by Crippen LogP contribution is -2.07. The van der Waals surface area contributed by atoms with Gasteiger partial charge in [0.1, 0.15) is 5.82 Å². The van der Waals surface area contributed by atoms with Gasteiger partial charge in [0.05, 0.1) is 21.5 Å². The van der Waals surface area contributed by atoms with Crippen molar-refractivity contribution in [1.29, 1.82) is 0 Å². The minimum atomic E-state index is -1.03. The molecule has 0 saturated heterocycles. The zero-order valence-electron chi connectivity index (χ0n) is 14.3. The minimum Gasteiger partial charge on any atom is -0.502 e. The van der Waals surface area contributed by atoms with Gasteiger partial charge in [-0.3, -0.25) is 10.1 Å². The Bertz CT molecular complexity index is 1070. The first-order chi connectivity index (χ1) is 13.0. The molecule has 2 aromatic carbocycles. The number of nitrogens with zero attached hydrogens (tertiary/aromatic N) is 3. The standard InChI is InChI=1S/C19H17N3O5/c23-17-10-11(5-8-16(17)22(26)27)18-20-14-9-12(19(24)25)6-7-15(14)21(18)13-3-1-2-4-13/h5-10,13,23H,1-4H2,(H,24,25). The number of phenolic OH excluding ortho intramolecular Hbond substituents is 1. The Morgan fingerprint density at radius 3 is 2.56 bits per heavy atom. The summed E-state index contributed by atoms with van der Waals surface area (Å²) in [5.41, 5.74) is 1.71. The van der Waals surface area contributed by atoms with Crippen molar-refractivity contribution >= 4 is 22.7 Å². The highest BCUT2D eigenvalue weighted by atomic mass is 16.6. The molecule has 1 aliphatic carbocycles. The van der Waals surface area contributed by atoms with E-state index in [2.05, 4.69) is 9.55 Å². The molecule has 8 heteroatoms. The van der Waals surface area contributed by atoms with Crippen molar-refractivity contribution < 1.29 is 19.9 Å². The quantitative estimate of drug-likeness (QED) is 0.529. The highest BCUT2D eigenvalue weighted by Gasteiger charge is 2.25. The molecule has 0 unspecified atom stereocenters. The van der Waals surface area contributed by atoms with Gasteiger partial charge in [0.2, 0.25) is 0 Å². The van der Waals surface area contributed by atoms with E-state index in [-0.39, 0.29) is 17.3 Å². The van der Waals surface area contributed by atoms with Crippen molar-refractivity contribution in [2.45, 2.75) is 31.7 Å². The van der Waals surface area contributed by atoms with Gasteiger partial charge in [-0.15, -0.1) is 0 Å². The molecule has 3 aromatic rings. The molecule has 0 spiro atoms. The summed E-state index contributed by atoms with van der Waals surface area (Å²) in [7, 11) is 0. The maximum atomic E-state index is 11.3. The van der Waals surface area contributed by atoms with Crippen LogP contribution in [0, 0.1) is 10.1 Å². The average Bonchev–Trinajstić information content (AvgIpc) is 3.27. The molecular weight excluding hydrogens is 350 g/mol. The minimum absolute atomic E-state index is 0.150. The van der Waals surface area contributed by atoms with Crippen LogP contribution in [-0.4, -0.2) is 30.7 Å². The van der Waals surface area contributed by atoms with E-state index in [9.17, 15) is 25.1 Å². The van der Waals surface area contributed by atoms with E-state index in [1.165, 1.54) is 18.2 Å². The normalized spacial score (nSPS) is 14.7. The van der Waals surface area contributed by atoms with Crippen LogP contribution in [0.2, 0.25) is 0 Å². The highest BCUT2D eigenvalue weighted by molar-refractivity contribution is 5.93. The number of nitro groups is 1. The fourth-order valence-corrected chi connectivity index (χ4v) is 3.78. The molecular formula is C19H17N3O5. The van der Waals surface area contributed by atoms with Crippen molar-refractivity contribution in [3.05, 3.63) is 52.1 Å². The first-order valence-corrected chi connectivity index (χ1v) is 8.69. The number of imidazole rings is 1. The number of carboxylic acid groups (broad SMARTS) is 1. The van der Waals surface area contributed by atoms with E-state index >= 15 is 0 Å². The Morgan fingerprint density at radius 2 is 1.93 bits per heavy atom. The summed E-state index contributed by atoms with van der Waals surface area (Å²) in [6.45, 7) is 0. The molecule has 1 aliphatic rings. The third-order valence-electron chi connectivity index (χ3n) is 5.06. The summed E-state index contributed by atoms with van der Waals surface area (Å²) < 4.78 is 2.06. The van der Waals surface area contributed by atoms with Crippen LogP contribution in [0.4, 0.5) is 5.69 Å². The van der Waals surface area contributed by atoms with Crippen molar-refractivity contribution in [2.24, 2.45) is 0 Å². The second-order valence-electron chi connectivity index (χ2n) is 6.71. The largest absolute Gasteiger partial charge is 0.502 e. The van der Waals surface area contributed by atoms with Crippen LogP contribution in [0.25, 0.3) is 22.4 Å². The summed E-state index contributed by atoms with van der Waals surface area (Å²) in [5, 5.41) is 30.2. The van der Waals surface area contributed by atoms with Crippen molar-refractivity contribution in [1.82, 2.24) is 9.55 Å². The third kappa shape index (κ3) is 2.88. The predicted octanol–water partition coefficient (Wildman–Crippen LogP) is 4.13. The second kappa shape index (κ2) is 6.39. The average molecular weight is 367 g/mol. The monoisotopic (exact) mass is 367 g/mol. The fourth-order valence-electron chi connectivity index (χ4n) is 3.78. The third-order valence-corrected chi connectivity index (χ3v) is 5.06. The van der Waals surface area contributed by atoms with E-state index in [0.29, 0.717) is 16.9 Å². The van der Waals surface area contributed by atoms with Gasteiger partial charge in [-0.2, -0.15) is 0 Å². The van der Waals surface area contributed by atoms with Crippen LogP contribution < -0.4 is 0 Å². The number of benzene rings is 2. The summed E-state index contributed by atoms with van der Waals surface area (Å²) in [5.74, 6) is -0.875. The summed E-state index contributed by atoms with van der Waals surface area (Å²) >= 11 is 0. The Hall–Kier alpha value is -3.42. The van der Waals surface area contributed by atoms with E-state index in [0.717, 1.165) is 31.2 Å². The molecule has 0 amide bonds. The maximum absolute atomic E-state index is 11.3. The van der Waals surface area contributed by atoms with E-state index in [4.69, 9.17) is 0 Å². The molecule has 0 bridgehead atoms. The molecule has 1 aromatic heterocycles. The molecule has 2 N–H and O–H groups in total. The number of nitro benzene ring substituents is 1. The molecule has 1 heterocycles. The van der Waals surface area contributed by atoms with Crippen LogP contribution in [0.1, 0.15) is 42.1 Å². The molecule has 0 aliphatic heterocycles. The number of hydrogen-bond acceptors (Lipinski definition) is 5. The molecule has 0 radical (unpaired) electrons. The number of phenols is 1. The zero-order chi connectivity index (χ0) is 19.1. The second-order valence-corrected chi connectivity index (χ2v) is 6.71. The van der Waals surface area contributed by atoms with Gasteiger partial charge in [-0.1, -0.05) is 12.8 Å². The summed E-state index contributed by atoms with van der Waals surface area (Å²) in [6.07, 6.45) is 4.17. The van der Waals surface area contributed by atoms with Crippen molar-refractivity contribution in [3.63, 3.8) is 0 Å². The van der Waals surface area contributed by atoms with E-state index in [1.807, 2.05) is 0 Å². The van der Waals surface area contributed by atoms with Crippen LogP contribution in [0.15, 0.2) is 36.4 Å². The molecule has 8 nitrogen and oxygen atoms in total. The number of carbonyl (C=O) groups is 1. The number of carboxylic acids is 1. The number of rotatable bonds is 4. The number of aromatic carboxylic acids is 1. The van der Waals surface area contributed by atoms with Gasteiger partial charge < -0.3 is 14.8 Å². The number of fused-ring (bicyclic) bond motifs is 1. The summed E-state index contributed by atoms with van der Waals surface area (Å²) in [6, 6.07) is 9.20. The lowest BCUT2D eigenvalue weighted by atomic mass is 10.1. The maximum Gasteiger partial charge on any atom is 0.335 e. The fraction of sp³-hybridized carbons (Fsp3) is 0.263. The van der Waals surface area contributed by atoms with Crippen LogP contribution in [0.5, 0.6) is 5.75 Å². The van der Waals surface area contributed by atoms with Gasteiger partial charge in [0.15, 0.2) is 5.75 Å². The van der Waals surface area contributed by atoms with Gasteiger partial charge in [0, 0.05) is 17.7 Å². The zero-order valence-corrected chi connectivity index (χ0v) is 14.3. The highest BCUT2D eigenvalue weighted by Crippen LogP contribution is 2.38. The Kier molecular flexibility index (Phi) is 4.02. The van der Waals surface area contributed by atoms with E-state index < -0.39 is 16.6 Å². The van der Waals surface area contributed by atoms with Crippen LogP contribution in [-0.2, 0) is 0 Å². The summed E-state index contributed by atoms with van der Waals surface area (Å²) in [4.78, 5) is 26.2. The number of hydrogen-bond donors (Lipinski definition) is 2. The number of aromatic nitrogens is 2. The first-order valence-electron chi connectivity index (χ1n) is 8.69. The molecule has 1 fully saturated rings. The molecule has 0 atom stereocenters. The van der Waals surface area contributed by atoms with Crippen molar-refractivity contribution in [2.75, 3.05) is 0 Å². The SMILES string of the molecule is O=C(O)c1ccc2c(c1)nc(-c1ccc([N+](=O)[O-])c(O)c1)n2C1CCCC1. The smallest absolute Gasteiger partial charge is 0.335 e. The predicted molar refractivity (Wildman–Crippen MR) is 98.0 cm³/mol. The molecule has 1 saturated carbocycles. The lowest BCUT2D eigenvalue weighted by molar-refractivity contribution is -0.385. The van der Waals surface area contributed by atoms with Crippen molar-refractivity contribution in [3.8, 4) is 17.1 Å². The lowest BCUT2D eigenvalue weighted by Gasteiger charge is -2.16. The topological polar surface area (TPSA) is 118 Å². The Balaban J connectivity index is 1.93. The first kappa shape index (κ1) is 17.0. The molecule has 4 rings (SSSR count). The van der Waals surface area contributed by atoms with E-state index in [1.54, 1.807) is 18.2 Å². The van der Waals surface area contributed by atoms with Gasteiger partial charge in [0.25, 0.3) is 0 Å². The van der Waals surface area contributed by atoms with Gasteiger partial charge >= 0.3 is 11.7 Å². The van der Waals surface area contributed by atoms with Gasteiger partial charge in [-0.25, -0.2) is 9.78 Å². The molecule has 138 valence electrons. The van der Waals surface area contributed by atoms with Crippen LogP contribution in [0.3, 0.4) is 0 Å².